The molecule has 5 rings (SSSR count). The van der Waals surface area contributed by atoms with Crippen LogP contribution in [0.5, 0.6) is 28.7 Å². The molecular weight excluding hydrogens is 502 g/mol. The van der Waals surface area contributed by atoms with E-state index < -0.39 is 17.7 Å². The Labute approximate surface area is 226 Å². The molecule has 2 aliphatic heterocycles. The van der Waals surface area contributed by atoms with Crippen molar-refractivity contribution in [1.82, 2.24) is 0 Å². The summed E-state index contributed by atoms with van der Waals surface area (Å²) in [4.78, 5) is 28.5. The second-order valence-electron chi connectivity index (χ2n) is 8.73. The Morgan fingerprint density at radius 3 is 2.23 bits per heavy atom. The molecule has 9 nitrogen and oxygen atoms in total. The molecule has 1 unspecified atom stereocenters. The minimum absolute atomic E-state index is 0.0630. The fourth-order valence-electron chi connectivity index (χ4n) is 4.74. The highest BCUT2D eigenvalue weighted by Gasteiger charge is 2.47. The number of hydrogen-bond acceptors (Lipinski definition) is 8. The third-order valence-corrected chi connectivity index (χ3v) is 6.40. The molecule has 0 saturated carbocycles. The zero-order valence-electron chi connectivity index (χ0n) is 21.9. The van der Waals surface area contributed by atoms with Crippen LogP contribution < -0.4 is 28.6 Å². The first-order valence-corrected chi connectivity index (χ1v) is 12.8. The molecule has 1 saturated heterocycles. The molecule has 3 aromatic rings. The van der Waals surface area contributed by atoms with Crippen LogP contribution in [0.3, 0.4) is 0 Å². The topological polar surface area (TPSA) is 104 Å². The molecule has 0 spiro atoms. The third-order valence-electron chi connectivity index (χ3n) is 6.40. The molecule has 1 amide bonds. The average Bonchev–Trinajstić information content (AvgIpc) is 3.51. The van der Waals surface area contributed by atoms with Crippen molar-refractivity contribution in [3.63, 3.8) is 0 Å². The minimum atomic E-state index is -0.929. The van der Waals surface area contributed by atoms with Gasteiger partial charge >= 0.3 is 0 Å². The number of aliphatic hydroxyl groups excluding tert-OH is 1. The van der Waals surface area contributed by atoms with Crippen LogP contribution in [-0.4, -0.2) is 43.4 Å². The van der Waals surface area contributed by atoms with Gasteiger partial charge in [0.2, 0.25) is 6.79 Å². The number of anilines is 1. The molecule has 2 aliphatic rings. The number of Topliss-reactive ketones (excluding diaryl/α,β-unsaturated/α-hetero) is 1. The largest absolute Gasteiger partial charge is 0.507 e. The lowest BCUT2D eigenvalue weighted by molar-refractivity contribution is -0.132. The third kappa shape index (κ3) is 4.83. The van der Waals surface area contributed by atoms with Crippen LogP contribution in [0, 0.1) is 0 Å². The van der Waals surface area contributed by atoms with Gasteiger partial charge in [0, 0.05) is 17.8 Å². The molecule has 1 fully saturated rings. The number of aliphatic hydroxyl groups is 1. The number of benzene rings is 3. The number of fused-ring (bicyclic) bond motifs is 1. The van der Waals surface area contributed by atoms with Crippen molar-refractivity contribution in [3.8, 4) is 28.7 Å². The van der Waals surface area contributed by atoms with E-state index in [9.17, 15) is 14.7 Å². The van der Waals surface area contributed by atoms with Gasteiger partial charge in [0.15, 0.2) is 11.5 Å². The Hall–Kier alpha value is -4.66. The molecule has 9 heteroatoms. The number of ketones is 1. The van der Waals surface area contributed by atoms with E-state index >= 15 is 0 Å². The zero-order chi connectivity index (χ0) is 27.5. The standard InChI is InChI=1S/C30H29NO8/c1-4-35-20-10-7-18(8-11-20)27-26(28(32)22-13-12-21(36-5-2)16-24(22)37-6-3)29(33)30(34)31(27)19-9-14-23-25(15-19)39-17-38-23/h7-16,27,32H,4-6,17H2,1-3H3/b28-26+. The Balaban J connectivity index is 1.68. The van der Waals surface area contributed by atoms with E-state index in [0.717, 1.165) is 0 Å². The molecule has 2 heterocycles. The highest BCUT2D eigenvalue weighted by atomic mass is 16.7. The number of amides is 1. The van der Waals surface area contributed by atoms with Gasteiger partial charge in [0.25, 0.3) is 11.7 Å². The van der Waals surface area contributed by atoms with E-state index in [-0.39, 0.29) is 23.7 Å². The molecule has 0 bridgehead atoms. The van der Waals surface area contributed by atoms with Gasteiger partial charge in [-0.05, 0) is 62.7 Å². The molecule has 0 aromatic heterocycles. The summed E-state index contributed by atoms with van der Waals surface area (Å²) in [7, 11) is 0. The van der Waals surface area contributed by atoms with Crippen molar-refractivity contribution in [1.29, 1.82) is 0 Å². The quantitative estimate of drug-likeness (QED) is 0.227. The van der Waals surface area contributed by atoms with Crippen molar-refractivity contribution in [3.05, 3.63) is 77.4 Å². The van der Waals surface area contributed by atoms with Gasteiger partial charge in [0.05, 0.1) is 37.0 Å². The summed E-state index contributed by atoms with van der Waals surface area (Å²) < 4.78 is 27.9. The lowest BCUT2D eigenvalue weighted by Crippen LogP contribution is -2.29. The number of carbonyl (C=O) groups excluding carboxylic acids is 2. The van der Waals surface area contributed by atoms with Gasteiger partial charge in [0.1, 0.15) is 23.0 Å². The summed E-state index contributed by atoms with van der Waals surface area (Å²) in [6.45, 7) is 6.90. The first-order valence-electron chi connectivity index (χ1n) is 12.8. The van der Waals surface area contributed by atoms with Crippen LogP contribution in [0.1, 0.15) is 37.9 Å². The lowest BCUT2D eigenvalue weighted by Gasteiger charge is -2.26. The molecule has 39 heavy (non-hydrogen) atoms. The maximum atomic E-state index is 13.6. The normalized spacial score (nSPS) is 17.4. The van der Waals surface area contributed by atoms with Gasteiger partial charge in [-0.15, -0.1) is 0 Å². The zero-order valence-corrected chi connectivity index (χ0v) is 21.9. The molecule has 1 N–H and O–H groups in total. The smallest absolute Gasteiger partial charge is 0.300 e. The first-order chi connectivity index (χ1) is 19.0. The summed E-state index contributed by atoms with van der Waals surface area (Å²) in [6, 6.07) is 16.1. The second-order valence-corrected chi connectivity index (χ2v) is 8.73. The summed E-state index contributed by atoms with van der Waals surface area (Å²) in [5.41, 5.74) is 1.25. The number of carbonyl (C=O) groups is 2. The number of ether oxygens (including phenoxy) is 5. The molecule has 3 aromatic carbocycles. The Morgan fingerprint density at radius 2 is 1.51 bits per heavy atom. The van der Waals surface area contributed by atoms with Crippen LogP contribution in [0.25, 0.3) is 5.76 Å². The predicted molar refractivity (Wildman–Crippen MR) is 144 cm³/mol. The average molecular weight is 532 g/mol. The van der Waals surface area contributed by atoms with E-state index in [2.05, 4.69) is 0 Å². The van der Waals surface area contributed by atoms with Gasteiger partial charge in [-0.3, -0.25) is 14.5 Å². The van der Waals surface area contributed by atoms with Crippen LogP contribution >= 0.6 is 0 Å². The van der Waals surface area contributed by atoms with E-state index in [1.807, 2.05) is 20.8 Å². The van der Waals surface area contributed by atoms with E-state index in [1.54, 1.807) is 60.7 Å². The molecule has 202 valence electrons. The predicted octanol–water partition coefficient (Wildman–Crippen LogP) is 5.24. The van der Waals surface area contributed by atoms with Crippen LogP contribution in [0.2, 0.25) is 0 Å². The highest BCUT2D eigenvalue weighted by molar-refractivity contribution is 6.51. The van der Waals surface area contributed by atoms with Gasteiger partial charge in [-0.2, -0.15) is 0 Å². The van der Waals surface area contributed by atoms with Crippen molar-refractivity contribution in [2.24, 2.45) is 0 Å². The Morgan fingerprint density at radius 1 is 0.846 bits per heavy atom. The maximum Gasteiger partial charge on any atom is 0.300 e. The summed E-state index contributed by atoms with van der Waals surface area (Å²) in [5, 5.41) is 11.6. The van der Waals surface area contributed by atoms with Crippen molar-refractivity contribution >= 4 is 23.1 Å². The molecular formula is C30H29NO8. The monoisotopic (exact) mass is 531 g/mol. The summed E-state index contributed by atoms with van der Waals surface area (Å²) in [6.07, 6.45) is 0. The van der Waals surface area contributed by atoms with Crippen molar-refractivity contribution in [2.45, 2.75) is 26.8 Å². The summed E-state index contributed by atoms with van der Waals surface area (Å²) in [5.74, 6) is 0.600. The molecule has 1 atom stereocenters. The van der Waals surface area contributed by atoms with Gasteiger partial charge < -0.3 is 28.8 Å². The minimum Gasteiger partial charge on any atom is -0.507 e. The van der Waals surface area contributed by atoms with E-state index in [0.29, 0.717) is 59.8 Å². The van der Waals surface area contributed by atoms with Crippen molar-refractivity contribution in [2.75, 3.05) is 31.5 Å². The van der Waals surface area contributed by atoms with Gasteiger partial charge in [-0.25, -0.2) is 0 Å². The fraction of sp³-hybridized carbons (Fsp3) is 0.267. The fourth-order valence-corrected chi connectivity index (χ4v) is 4.74. The van der Waals surface area contributed by atoms with Crippen LogP contribution in [0.4, 0.5) is 5.69 Å². The summed E-state index contributed by atoms with van der Waals surface area (Å²) >= 11 is 0. The molecule has 0 radical (unpaired) electrons. The molecule has 0 aliphatic carbocycles. The Bertz CT molecular complexity index is 1430. The van der Waals surface area contributed by atoms with Crippen molar-refractivity contribution < 1.29 is 38.4 Å². The van der Waals surface area contributed by atoms with Crippen LogP contribution in [-0.2, 0) is 9.59 Å². The van der Waals surface area contributed by atoms with E-state index in [1.165, 1.54) is 4.90 Å². The van der Waals surface area contributed by atoms with Crippen LogP contribution in [0.15, 0.2) is 66.2 Å². The second kappa shape index (κ2) is 11.0. The Kier molecular flexibility index (Phi) is 7.31. The highest BCUT2D eigenvalue weighted by Crippen LogP contribution is 2.46. The first kappa shape index (κ1) is 26.0. The lowest BCUT2D eigenvalue weighted by atomic mass is 9.94. The SMILES string of the molecule is CCOc1ccc(C2/C(=C(\O)c3ccc(OCC)cc3OCC)C(=O)C(=O)N2c2ccc3c(c2)OCO3)cc1. The number of hydrogen-bond donors (Lipinski definition) is 1. The number of rotatable bonds is 9. The van der Waals surface area contributed by atoms with Gasteiger partial charge in [-0.1, -0.05) is 12.1 Å². The van der Waals surface area contributed by atoms with E-state index in [4.69, 9.17) is 23.7 Å². The maximum absolute atomic E-state index is 13.6. The number of nitrogens with zero attached hydrogens (tertiary/aromatic N) is 1.